The number of ether oxygens (including phenoxy) is 2. The van der Waals surface area contributed by atoms with Crippen LogP contribution in [0.25, 0.3) is 5.57 Å². The van der Waals surface area contributed by atoms with E-state index >= 15 is 0 Å². The molecule has 0 spiro atoms. The number of methoxy groups -OCH3 is 1. The van der Waals surface area contributed by atoms with Crippen LogP contribution in [0.2, 0.25) is 0 Å². The van der Waals surface area contributed by atoms with E-state index in [-0.39, 0.29) is 5.70 Å². The molecule has 0 aliphatic carbocycles. The van der Waals surface area contributed by atoms with Crippen molar-refractivity contribution in [2.75, 3.05) is 7.11 Å². The molecule has 1 amide bonds. The molecule has 0 atom stereocenters. The molecule has 0 unspecified atom stereocenters. The average Bonchev–Trinajstić information content (AvgIpc) is 2.61. The molecule has 0 aromatic heterocycles. The highest BCUT2D eigenvalue weighted by Crippen LogP contribution is 2.26. The molecule has 0 bridgehead atoms. The summed E-state index contributed by atoms with van der Waals surface area (Å²) in [5.41, 5.74) is 1.44. The lowest BCUT2D eigenvalue weighted by atomic mass is 9.96. The molecule has 5 heteroatoms. The molecule has 0 radical (unpaired) electrons. The summed E-state index contributed by atoms with van der Waals surface area (Å²) in [6.45, 7) is 5.26. The zero-order chi connectivity index (χ0) is 19.2. The van der Waals surface area contributed by atoms with Gasteiger partial charge in [0, 0.05) is 5.57 Å². The highest BCUT2D eigenvalue weighted by molar-refractivity contribution is 6.03. The second-order valence-corrected chi connectivity index (χ2v) is 6.60. The molecule has 2 rings (SSSR count). The Hall–Kier alpha value is -3.08. The fourth-order valence-electron chi connectivity index (χ4n) is 2.39. The van der Waals surface area contributed by atoms with Crippen molar-refractivity contribution in [2.45, 2.75) is 26.4 Å². The second kappa shape index (κ2) is 8.34. The van der Waals surface area contributed by atoms with Crippen molar-refractivity contribution in [1.82, 2.24) is 5.32 Å². The molecule has 26 heavy (non-hydrogen) atoms. The zero-order valence-electron chi connectivity index (χ0n) is 15.4. The third kappa shape index (κ3) is 5.21. The van der Waals surface area contributed by atoms with Gasteiger partial charge in [-0.3, -0.25) is 5.32 Å². The van der Waals surface area contributed by atoms with E-state index in [1.165, 1.54) is 7.11 Å². The maximum atomic E-state index is 12.5. The van der Waals surface area contributed by atoms with Gasteiger partial charge in [-0.2, -0.15) is 0 Å². The van der Waals surface area contributed by atoms with Crippen LogP contribution in [-0.2, 0) is 14.3 Å². The number of rotatable bonds is 4. The summed E-state index contributed by atoms with van der Waals surface area (Å²) in [7, 11) is 1.27. The summed E-state index contributed by atoms with van der Waals surface area (Å²) in [5, 5.41) is 2.57. The van der Waals surface area contributed by atoms with Gasteiger partial charge in [0.2, 0.25) is 0 Å². The predicted molar refractivity (Wildman–Crippen MR) is 100 cm³/mol. The van der Waals surface area contributed by atoms with Crippen LogP contribution in [0.3, 0.4) is 0 Å². The number of hydrogen-bond acceptors (Lipinski definition) is 4. The largest absolute Gasteiger partial charge is 0.464 e. The smallest absolute Gasteiger partial charge is 0.412 e. The Bertz CT molecular complexity index is 748. The van der Waals surface area contributed by atoms with E-state index in [2.05, 4.69) is 5.32 Å². The summed E-state index contributed by atoms with van der Waals surface area (Å²) in [6.07, 6.45) is -0.720. The topological polar surface area (TPSA) is 64.6 Å². The number of carbonyl (C=O) groups is 2. The normalized spacial score (nSPS) is 10.6. The first-order valence-corrected chi connectivity index (χ1v) is 8.25. The number of alkyl carbamates (subject to hydrolysis) is 1. The third-order valence-electron chi connectivity index (χ3n) is 3.39. The summed E-state index contributed by atoms with van der Waals surface area (Å²) in [4.78, 5) is 24.7. The molecular weight excluding hydrogens is 330 g/mol. The van der Waals surface area contributed by atoms with Crippen LogP contribution >= 0.6 is 0 Å². The maximum absolute atomic E-state index is 12.5. The van der Waals surface area contributed by atoms with E-state index in [1.54, 1.807) is 20.8 Å². The molecule has 1 N–H and O–H groups in total. The standard InChI is InChI=1S/C21H23NO4/c1-21(2,3)26-20(24)22-18(19(23)25-4)17(15-11-7-5-8-12-15)16-13-9-6-10-14-16/h5-14H,1-4H3,(H,22,24). The number of benzene rings is 2. The van der Waals surface area contributed by atoms with Crippen LogP contribution < -0.4 is 5.32 Å². The highest BCUT2D eigenvalue weighted by atomic mass is 16.6. The number of esters is 1. The first-order valence-electron chi connectivity index (χ1n) is 8.25. The van der Waals surface area contributed by atoms with E-state index < -0.39 is 17.7 Å². The number of nitrogens with one attached hydrogen (secondary N) is 1. The van der Waals surface area contributed by atoms with E-state index in [9.17, 15) is 9.59 Å². The number of carbonyl (C=O) groups excluding carboxylic acids is 2. The molecule has 0 fully saturated rings. The van der Waals surface area contributed by atoms with Crippen molar-refractivity contribution in [3.63, 3.8) is 0 Å². The maximum Gasteiger partial charge on any atom is 0.412 e. The van der Waals surface area contributed by atoms with Gasteiger partial charge in [-0.05, 0) is 31.9 Å². The Morgan fingerprint density at radius 1 is 0.846 bits per heavy atom. The minimum atomic E-state index is -0.720. The minimum Gasteiger partial charge on any atom is -0.464 e. The molecule has 0 heterocycles. The SMILES string of the molecule is COC(=O)C(NC(=O)OC(C)(C)C)=C(c1ccccc1)c1ccccc1. The Morgan fingerprint density at radius 3 is 1.69 bits per heavy atom. The van der Waals surface area contributed by atoms with Gasteiger partial charge in [0.1, 0.15) is 11.3 Å². The molecule has 2 aromatic rings. The van der Waals surface area contributed by atoms with Crippen LogP contribution in [0.15, 0.2) is 66.4 Å². The first kappa shape index (κ1) is 19.2. The Balaban J connectivity index is 2.60. The van der Waals surface area contributed by atoms with Crippen molar-refractivity contribution in [3.05, 3.63) is 77.5 Å². The van der Waals surface area contributed by atoms with Crippen molar-refractivity contribution in [1.29, 1.82) is 0 Å². The van der Waals surface area contributed by atoms with Crippen molar-refractivity contribution in [2.24, 2.45) is 0 Å². The fraction of sp³-hybridized carbons (Fsp3) is 0.238. The lowest BCUT2D eigenvalue weighted by Crippen LogP contribution is -2.35. The van der Waals surface area contributed by atoms with Crippen molar-refractivity contribution < 1.29 is 19.1 Å². The second-order valence-electron chi connectivity index (χ2n) is 6.60. The quantitative estimate of drug-likeness (QED) is 0.663. The highest BCUT2D eigenvalue weighted by Gasteiger charge is 2.24. The van der Waals surface area contributed by atoms with Crippen molar-refractivity contribution in [3.8, 4) is 0 Å². The van der Waals surface area contributed by atoms with Crippen molar-refractivity contribution >= 4 is 17.6 Å². The summed E-state index contributed by atoms with van der Waals surface area (Å²) >= 11 is 0. The van der Waals surface area contributed by atoms with Gasteiger partial charge in [-0.15, -0.1) is 0 Å². The van der Waals surface area contributed by atoms with E-state index in [1.807, 2.05) is 60.7 Å². The molecular formula is C21H23NO4. The molecule has 0 saturated carbocycles. The Kier molecular flexibility index (Phi) is 6.17. The van der Waals surface area contributed by atoms with Crippen LogP contribution in [-0.4, -0.2) is 24.8 Å². The van der Waals surface area contributed by atoms with Gasteiger partial charge in [0.15, 0.2) is 0 Å². The molecule has 0 saturated heterocycles. The summed E-state index contributed by atoms with van der Waals surface area (Å²) in [5.74, 6) is -0.654. The first-order chi connectivity index (χ1) is 12.3. The summed E-state index contributed by atoms with van der Waals surface area (Å²) < 4.78 is 10.2. The lowest BCUT2D eigenvalue weighted by molar-refractivity contribution is -0.136. The zero-order valence-corrected chi connectivity index (χ0v) is 15.4. The molecule has 5 nitrogen and oxygen atoms in total. The van der Waals surface area contributed by atoms with Gasteiger partial charge < -0.3 is 9.47 Å². The molecule has 2 aromatic carbocycles. The van der Waals surface area contributed by atoms with Gasteiger partial charge in [0.25, 0.3) is 0 Å². The van der Waals surface area contributed by atoms with E-state index in [0.29, 0.717) is 5.57 Å². The summed E-state index contributed by atoms with van der Waals surface area (Å²) in [6, 6.07) is 18.7. The number of amides is 1. The van der Waals surface area contributed by atoms with Crippen LogP contribution in [0.5, 0.6) is 0 Å². The Morgan fingerprint density at radius 2 is 1.31 bits per heavy atom. The monoisotopic (exact) mass is 353 g/mol. The van der Waals surface area contributed by atoms with Gasteiger partial charge in [-0.25, -0.2) is 9.59 Å². The van der Waals surface area contributed by atoms with Gasteiger partial charge in [0.05, 0.1) is 7.11 Å². The van der Waals surface area contributed by atoms with Crippen LogP contribution in [0.4, 0.5) is 4.79 Å². The molecule has 0 aliphatic heterocycles. The third-order valence-corrected chi connectivity index (χ3v) is 3.39. The minimum absolute atomic E-state index is 0.0270. The fourth-order valence-corrected chi connectivity index (χ4v) is 2.39. The molecule has 136 valence electrons. The Labute approximate surface area is 153 Å². The lowest BCUT2D eigenvalue weighted by Gasteiger charge is -2.21. The van der Waals surface area contributed by atoms with Crippen LogP contribution in [0, 0.1) is 0 Å². The molecule has 0 aliphatic rings. The average molecular weight is 353 g/mol. The number of hydrogen-bond donors (Lipinski definition) is 1. The van der Waals surface area contributed by atoms with E-state index in [0.717, 1.165) is 11.1 Å². The van der Waals surface area contributed by atoms with E-state index in [4.69, 9.17) is 9.47 Å². The van der Waals surface area contributed by atoms with Crippen LogP contribution in [0.1, 0.15) is 31.9 Å². The predicted octanol–water partition coefficient (Wildman–Crippen LogP) is 4.14. The van der Waals surface area contributed by atoms with Gasteiger partial charge >= 0.3 is 12.1 Å². The van der Waals surface area contributed by atoms with Gasteiger partial charge in [-0.1, -0.05) is 60.7 Å².